The molecule has 0 aliphatic carbocycles. The Bertz CT molecular complexity index is 785. The molecular weight excluding hydrogens is 302 g/mol. The fourth-order valence-corrected chi connectivity index (χ4v) is 3.20. The molecule has 2 aromatic heterocycles. The van der Waals surface area contributed by atoms with Crippen LogP contribution >= 0.6 is 0 Å². The number of rotatable bonds is 3. The Morgan fingerprint density at radius 1 is 1.04 bits per heavy atom. The van der Waals surface area contributed by atoms with Crippen molar-refractivity contribution in [3.63, 3.8) is 0 Å². The molecule has 1 aromatic carbocycles. The molecule has 0 radical (unpaired) electrons. The van der Waals surface area contributed by atoms with Crippen molar-refractivity contribution in [1.82, 2.24) is 24.2 Å². The number of hydrogen-bond donors (Lipinski definition) is 0. The second-order valence-electron chi connectivity index (χ2n) is 6.04. The van der Waals surface area contributed by atoms with Crippen LogP contribution in [0.4, 0.5) is 0 Å². The highest BCUT2D eigenvalue weighted by molar-refractivity contribution is 5.94. The van der Waals surface area contributed by atoms with Gasteiger partial charge in [0.25, 0.3) is 5.91 Å². The topological polar surface area (TPSA) is 56.0 Å². The Morgan fingerprint density at radius 3 is 2.38 bits per heavy atom. The minimum absolute atomic E-state index is 0.103. The van der Waals surface area contributed by atoms with Crippen molar-refractivity contribution in [2.45, 2.75) is 18.9 Å². The van der Waals surface area contributed by atoms with Crippen LogP contribution in [-0.4, -0.2) is 43.2 Å². The van der Waals surface area contributed by atoms with Crippen LogP contribution in [0.15, 0.2) is 61.4 Å². The third-order valence-electron chi connectivity index (χ3n) is 4.58. The molecule has 3 aromatic rings. The molecule has 1 amide bonds. The van der Waals surface area contributed by atoms with Gasteiger partial charge in [0.05, 0.1) is 6.04 Å². The van der Waals surface area contributed by atoms with Gasteiger partial charge in [0.15, 0.2) is 0 Å². The van der Waals surface area contributed by atoms with Crippen LogP contribution < -0.4 is 0 Å². The van der Waals surface area contributed by atoms with Gasteiger partial charge in [-0.2, -0.15) is 5.10 Å². The summed E-state index contributed by atoms with van der Waals surface area (Å²) >= 11 is 0. The zero-order valence-electron chi connectivity index (χ0n) is 13.3. The molecule has 3 heterocycles. The van der Waals surface area contributed by atoms with Gasteiger partial charge in [-0.3, -0.25) is 4.79 Å². The summed E-state index contributed by atoms with van der Waals surface area (Å²) in [4.78, 5) is 18.6. The maximum Gasteiger partial charge on any atom is 0.253 e. The van der Waals surface area contributed by atoms with E-state index in [9.17, 15) is 4.79 Å². The van der Waals surface area contributed by atoms with Gasteiger partial charge in [-0.05, 0) is 49.2 Å². The summed E-state index contributed by atoms with van der Waals surface area (Å²) in [7, 11) is 0. The third-order valence-corrected chi connectivity index (χ3v) is 4.58. The number of amides is 1. The number of carbonyl (C=O) groups excluding carboxylic acids is 1. The Morgan fingerprint density at radius 2 is 1.75 bits per heavy atom. The second kappa shape index (κ2) is 6.31. The third kappa shape index (κ3) is 2.82. The van der Waals surface area contributed by atoms with Crippen molar-refractivity contribution in [2.24, 2.45) is 0 Å². The molecule has 6 nitrogen and oxygen atoms in total. The largest absolute Gasteiger partial charge is 0.338 e. The number of hydrogen-bond acceptors (Lipinski definition) is 3. The molecule has 4 rings (SSSR count). The lowest BCUT2D eigenvalue weighted by molar-refractivity contribution is 0.0690. The SMILES string of the molecule is O=C(c1ccc(-n2cccc2)cc1)N1CCC(n2cncn2)CC1. The van der Waals surface area contributed by atoms with Crippen LogP contribution in [0, 0.1) is 0 Å². The summed E-state index contributed by atoms with van der Waals surface area (Å²) in [6.07, 6.45) is 9.12. The van der Waals surface area contributed by atoms with E-state index in [0.29, 0.717) is 6.04 Å². The van der Waals surface area contributed by atoms with E-state index in [4.69, 9.17) is 0 Å². The highest BCUT2D eigenvalue weighted by atomic mass is 16.2. The summed E-state index contributed by atoms with van der Waals surface area (Å²) in [5.41, 5.74) is 1.80. The molecule has 6 heteroatoms. The summed E-state index contributed by atoms with van der Waals surface area (Å²) in [6.45, 7) is 1.51. The fraction of sp³-hybridized carbons (Fsp3) is 0.278. The average Bonchev–Trinajstić information content (AvgIpc) is 3.35. The van der Waals surface area contributed by atoms with Gasteiger partial charge >= 0.3 is 0 Å². The van der Waals surface area contributed by atoms with Gasteiger partial charge in [0, 0.05) is 36.7 Å². The van der Waals surface area contributed by atoms with E-state index in [0.717, 1.165) is 37.2 Å². The van der Waals surface area contributed by atoms with Crippen LogP contribution in [0.3, 0.4) is 0 Å². The normalized spacial score (nSPS) is 15.6. The lowest BCUT2D eigenvalue weighted by Crippen LogP contribution is -2.39. The first-order valence-electron chi connectivity index (χ1n) is 8.18. The molecule has 1 aliphatic rings. The molecule has 0 unspecified atom stereocenters. The molecule has 1 aliphatic heterocycles. The van der Waals surface area contributed by atoms with Crippen molar-refractivity contribution < 1.29 is 4.79 Å². The second-order valence-corrected chi connectivity index (χ2v) is 6.04. The van der Waals surface area contributed by atoms with E-state index in [1.54, 1.807) is 12.7 Å². The van der Waals surface area contributed by atoms with E-state index in [2.05, 4.69) is 10.1 Å². The molecule has 0 spiro atoms. The lowest BCUT2D eigenvalue weighted by atomic mass is 10.0. The van der Waals surface area contributed by atoms with Crippen molar-refractivity contribution in [1.29, 1.82) is 0 Å². The molecule has 0 saturated carbocycles. The number of carbonyl (C=O) groups is 1. The van der Waals surface area contributed by atoms with Crippen molar-refractivity contribution >= 4 is 5.91 Å². The molecule has 1 saturated heterocycles. The smallest absolute Gasteiger partial charge is 0.253 e. The molecule has 122 valence electrons. The molecule has 0 bridgehead atoms. The van der Waals surface area contributed by atoms with E-state index in [-0.39, 0.29) is 5.91 Å². The minimum Gasteiger partial charge on any atom is -0.338 e. The van der Waals surface area contributed by atoms with Gasteiger partial charge in [0.1, 0.15) is 12.7 Å². The average molecular weight is 321 g/mol. The van der Waals surface area contributed by atoms with Crippen LogP contribution in [-0.2, 0) is 0 Å². The van der Waals surface area contributed by atoms with Gasteiger partial charge < -0.3 is 9.47 Å². The summed E-state index contributed by atoms with van der Waals surface area (Å²) in [5.74, 6) is 0.103. The molecule has 1 fully saturated rings. The van der Waals surface area contributed by atoms with Crippen LogP contribution in [0.2, 0.25) is 0 Å². The van der Waals surface area contributed by atoms with Crippen LogP contribution in [0.25, 0.3) is 5.69 Å². The molecule has 24 heavy (non-hydrogen) atoms. The van der Waals surface area contributed by atoms with E-state index >= 15 is 0 Å². The Labute approximate surface area is 140 Å². The maximum absolute atomic E-state index is 12.7. The van der Waals surface area contributed by atoms with Crippen molar-refractivity contribution in [3.8, 4) is 5.69 Å². The zero-order valence-corrected chi connectivity index (χ0v) is 13.3. The highest BCUT2D eigenvalue weighted by Gasteiger charge is 2.24. The summed E-state index contributed by atoms with van der Waals surface area (Å²) in [5, 5.41) is 4.20. The molecule has 0 N–H and O–H groups in total. The molecular formula is C18H19N5O. The standard InChI is InChI=1S/C18H19N5O/c24-18(15-3-5-16(6-4-15)21-9-1-2-10-21)22-11-7-17(8-12-22)23-14-19-13-20-23/h1-6,9-10,13-14,17H,7-8,11-12H2. The van der Waals surface area contributed by atoms with Gasteiger partial charge in [-0.1, -0.05) is 0 Å². The van der Waals surface area contributed by atoms with Crippen LogP contribution in [0.5, 0.6) is 0 Å². The van der Waals surface area contributed by atoms with Gasteiger partial charge in [0.2, 0.25) is 0 Å². The minimum atomic E-state index is 0.103. The van der Waals surface area contributed by atoms with Crippen molar-refractivity contribution in [3.05, 3.63) is 67.0 Å². The fourth-order valence-electron chi connectivity index (χ4n) is 3.20. The number of nitrogens with zero attached hydrogens (tertiary/aromatic N) is 5. The predicted octanol–water partition coefficient (Wildman–Crippen LogP) is 2.55. The maximum atomic E-state index is 12.7. The Kier molecular flexibility index (Phi) is 3.86. The number of piperidine rings is 1. The monoisotopic (exact) mass is 321 g/mol. The lowest BCUT2D eigenvalue weighted by Gasteiger charge is -2.32. The van der Waals surface area contributed by atoms with Gasteiger partial charge in [-0.15, -0.1) is 0 Å². The first kappa shape index (κ1) is 14.7. The number of aromatic nitrogens is 4. The Hall–Kier alpha value is -2.89. The van der Waals surface area contributed by atoms with Gasteiger partial charge in [-0.25, -0.2) is 9.67 Å². The first-order valence-corrected chi connectivity index (χ1v) is 8.18. The van der Waals surface area contributed by atoms with Crippen molar-refractivity contribution in [2.75, 3.05) is 13.1 Å². The highest BCUT2D eigenvalue weighted by Crippen LogP contribution is 2.22. The summed E-state index contributed by atoms with van der Waals surface area (Å²) in [6, 6.07) is 12.1. The van der Waals surface area contributed by atoms with E-state index in [1.165, 1.54) is 0 Å². The van der Waals surface area contributed by atoms with E-state index in [1.807, 2.05) is 62.9 Å². The Balaban J connectivity index is 1.41. The number of benzene rings is 1. The molecule has 0 atom stereocenters. The van der Waals surface area contributed by atoms with E-state index < -0.39 is 0 Å². The first-order chi connectivity index (χ1) is 11.8. The zero-order chi connectivity index (χ0) is 16.4. The predicted molar refractivity (Wildman–Crippen MR) is 90.0 cm³/mol. The summed E-state index contributed by atoms with van der Waals surface area (Å²) < 4.78 is 3.92. The number of likely N-dealkylation sites (tertiary alicyclic amines) is 1. The van der Waals surface area contributed by atoms with Crippen LogP contribution in [0.1, 0.15) is 29.2 Å². The quantitative estimate of drug-likeness (QED) is 0.745.